The molecule has 0 aromatic heterocycles. The highest BCUT2D eigenvalue weighted by atomic mass is 127. The van der Waals surface area contributed by atoms with Crippen molar-refractivity contribution in [3.8, 4) is 0 Å². The number of anilines is 1. The van der Waals surface area contributed by atoms with Crippen molar-refractivity contribution in [2.24, 2.45) is 0 Å². The Balaban J connectivity index is 2.77. The Bertz CT molecular complexity index is 451. The molecule has 0 aliphatic rings. The number of rotatable bonds is 4. The molecular formula is C12H15IN2O3. The van der Waals surface area contributed by atoms with Gasteiger partial charge in [0.2, 0.25) is 0 Å². The van der Waals surface area contributed by atoms with Gasteiger partial charge in [-0.1, -0.05) is 19.1 Å². The van der Waals surface area contributed by atoms with Crippen LogP contribution in [0.5, 0.6) is 0 Å². The predicted octanol–water partition coefficient (Wildman–Crippen LogP) is 2.62. The summed E-state index contributed by atoms with van der Waals surface area (Å²) in [5.41, 5.74) is 0.676. The number of halogens is 1. The Morgan fingerprint density at radius 3 is 2.56 bits per heavy atom. The van der Waals surface area contributed by atoms with E-state index in [1.165, 1.54) is 11.9 Å². The van der Waals surface area contributed by atoms with Crippen LogP contribution in [0.1, 0.15) is 13.3 Å². The molecule has 0 saturated heterocycles. The van der Waals surface area contributed by atoms with Gasteiger partial charge in [0.1, 0.15) is 6.04 Å². The Morgan fingerprint density at radius 1 is 1.44 bits per heavy atom. The number of hydrogen-bond donors (Lipinski definition) is 2. The minimum absolute atomic E-state index is 0.366. The molecule has 1 aromatic carbocycles. The van der Waals surface area contributed by atoms with E-state index in [-0.39, 0.29) is 0 Å². The molecule has 0 saturated carbocycles. The van der Waals surface area contributed by atoms with Crippen LogP contribution in [0.4, 0.5) is 10.5 Å². The summed E-state index contributed by atoms with van der Waals surface area (Å²) in [7, 11) is 1.48. The molecule has 18 heavy (non-hydrogen) atoms. The highest BCUT2D eigenvalue weighted by molar-refractivity contribution is 14.1. The van der Waals surface area contributed by atoms with Crippen LogP contribution in [0.15, 0.2) is 24.3 Å². The molecule has 1 unspecified atom stereocenters. The first-order valence-corrected chi connectivity index (χ1v) is 6.56. The average Bonchev–Trinajstić information content (AvgIpc) is 2.32. The van der Waals surface area contributed by atoms with Crippen LogP contribution >= 0.6 is 22.6 Å². The molecule has 5 nitrogen and oxygen atoms in total. The van der Waals surface area contributed by atoms with Crippen LogP contribution in [0.25, 0.3) is 0 Å². The van der Waals surface area contributed by atoms with Crippen molar-refractivity contribution in [1.82, 2.24) is 4.90 Å². The van der Waals surface area contributed by atoms with Crippen molar-refractivity contribution in [3.05, 3.63) is 27.8 Å². The molecule has 0 heterocycles. The molecule has 1 atom stereocenters. The molecule has 1 rings (SSSR count). The van der Waals surface area contributed by atoms with Gasteiger partial charge in [-0.2, -0.15) is 0 Å². The molecule has 98 valence electrons. The van der Waals surface area contributed by atoms with E-state index in [0.29, 0.717) is 12.1 Å². The fourth-order valence-corrected chi connectivity index (χ4v) is 2.04. The largest absolute Gasteiger partial charge is 0.480 e. The lowest BCUT2D eigenvalue weighted by atomic mass is 10.2. The van der Waals surface area contributed by atoms with Gasteiger partial charge in [-0.25, -0.2) is 9.59 Å². The van der Waals surface area contributed by atoms with E-state index in [1.54, 1.807) is 13.0 Å². The standard InChI is InChI=1S/C12H15IN2O3/c1-3-10(11(16)17)15(2)12(18)14-9-7-5-4-6-8(9)13/h4-7,10H,3H2,1-2H3,(H,14,18)(H,16,17). The van der Waals surface area contributed by atoms with Crippen molar-refractivity contribution in [1.29, 1.82) is 0 Å². The van der Waals surface area contributed by atoms with Crippen LogP contribution in [0.3, 0.4) is 0 Å². The number of hydrogen-bond acceptors (Lipinski definition) is 2. The fraction of sp³-hybridized carbons (Fsp3) is 0.333. The van der Waals surface area contributed by atoms with Crippen LogP contribution < -0.4 is 5.32 Å². The minimum Gasteiger partial charge on any atom is -0.480 e. The lowest BCUT2D eigenvalue weighted by molar-refractivity contribution is -0.141. The molecular weight excluding hydrogens is 347 g/mol. The van der Waals surface area contributed by atoms with E-state index in [1.807, 2.05) is 18.2 Å². The zero-order valence-electron chi connectivity index (χ0n) is 10.2. The third-order valence-electron chi connectivity index (χ3n) is 2.58. The first kappa shape index (κ1) is 14.7. The molecule has 1 aromatic rings. The van der Waals surface area contributed by atoms with Gasteiger partial charge in [0.15, 0.2) is 0 Å². The number of urea groups is 1. The topological polar surface area (TPSA) is 69.6 Å². The normalized spacial score (nSPS) is 11.7. The molecule has 0 aliphatic heterocycles. The summed E-state index contributed by atoms with van der Waals surface area (Å²) in [4.78, 5) is 24.1. The van der Waals surface area contributed by atoms with E-state index in [0.717, 1.165) is 3.57 Å². The smallest absolute Gasteiger partial charge is 0.326 e. The van der Waals surface area contributed by atoms with Gasteiger partial charge in [0.25, 0.3) is 0 Å². The van der Waals surface area contributed by atoms with Crippen LogP contribution in [0.2, 0.25) is 0 Å². The van der Waals surface area contributed by atoms with E-state index in [9.17, 15) is 9.59 Å². The molecule has 0 fully saturated rings. The van der Waals surface area contributed by atoms with Gasteiger partial charge in [0, 0.05) is 10.6 Å². The summed E-state index contributed by atoms with van der Waals surface area (Å²) in [5, 5.41) is 11.7. The molecule has 2 N–H and O–H groups in total. The van der Waals surface area contributed by atoms with Gasteiger partial charge in [-0.3, -0.25) is 0 Å². The third kappa shape index (κ3) is 3.59. The first-order chi connectivity index (χ1) is 8.47. The maximum Gasteiger partial charge on any atom is 0.326 e. The van der Waals surface area contributed by atoms with Crippen molar-refractivity contribution >= 4 is 40.3 Å². The molecule has 2 amide bonds. The second kappa shape index (κ2) is 6.58. The predicted molar refractivity (Wildman–Crippen MR) is 77.7 cm³/mol. The number of nitrogens with zero attached hydrogens (tertiary/aromatic N) is 1. The number of carbonyl (C=O) groups excluding carboxylic acids is 1. The number of benzene rings is 1. The Hall–Kier alpha value is -1.31. The van der Waals surface area contributed by atoms with Gasteiger partial charge < -0.3 is 15.3 Å². The SMILES string of the molecule is CCC(C(=O)O)N(C)C(=O)Nc1ccccc1I. The Kier molecular flexibility index (Phi) is 5.39. The second-order valence-electron chi connectivity index (χ2n) is 3.78. The number of nitrogens with one attached hydrogen (secondary N) is 1. The zero-order valence-corrected chi connectivity index (χ0v) is 12.3. The van der Waals surface area contributed by atoms with Crippen molar-refractivity contribution in [2.75, 3.05) is 12.4 Å². The maximum atomic E-state index is 11.9. The van der Waals surface area contributed by atoms with Crippen molar-refractivity contribution in [3.63, 3.8) is 0 Å². The lowest BCUT2D eigenvalue weighted by Gasteiger charge is -2.24. The van der Waals surface area contributed by atoms with E-state index < -0.39 is 18.0 Å². The lowest BCUT2D eigenvalue weighted by Crippen LogP contribution is -2.44. The number of likely N-dealkylation sites (N-methyl/N-ethyl adjacent to an activating group) is 1. The average molecular weight is 362 g/mol. The minimum atomic E-state index is -1.00. The number of aliphatic carboxylic acids is 1. The summed E-state index contributed by atoms with van der Waals surface area (Å²) in [6, 6.07) is 6.08. The molecule has 6 heteroatoms. The highest BCUT2D eigenvalue weighted by Crippen LogP contribution is 2.17. The molecule has 0 spiro atoms. The molecule has 0 radical (unpaired) electrons. The Morgan fingerprint density at radius 2 is 2.06 bits per heavy atom. The van der Waals surface area contributed by atoms with E-state index >= 15 is 0 Å². The van der Waals surface area contributed by atoms with Gasteiger partial charge >= 0.3 is 12.0 Å². The highest BCUT2D eigenvalue weighted by Gasteiger charge is 2.24. The van der Waals surface area contributed by atoms with Crippen molar-refractivity contribution in [2.45, 2.75) is 19.4 Å². The van der Waals surface area contributed by atoms with Crippen LogP contribution in [0, 0.1) is 3.57 Å². The van der Waals surface area contributed by atoms with Gasteiger partial charge in [0.05, 0.1) is 5.69 Å². The van der Waals surface area contributed by atoms with Gasteiger partial charge in [-0.15, -0.1) is 0 Å². The summed E-state index contributed by atoms with van der Waals surface area (Å²) < 4.78 is 0.903. The number of carboxylic acid groups (broad SMARTS) is 1. The van der Waals surface area contributed by atoms with E-state index in [2.05, 4.69) is 27.9 Å². The van der Waals surface area contributed by atoms with Crippen molar-refractivity contribution < 1.29 is 14.7 Å². The van der Waals surface area contributed by atoms with Crippen LogP contribution in [-0.2, 0) is 4.79 Å². The number of amides is 2. The number of carbonyl (C=O) groups is 2. The molecule has 0 aliphatic carbocycles. The van der Waals surface area contributed by atoms with Crippen LogP contribution in [-0.4, -0.2) is 35.1 Å². The Labute approximate surface area is 119 Å². The van der Waals surface area contributed by atoms with Gasteiger partial charge in [-0.05, 0) is 41.1 Å². The fourth-order valence-electron chi connectivity index (χ4n) is 1.52. The van der Waals surface area contributed by atoms with E-state index in [4.69, 9.17) is 5.11 Å². The second-order valence-corrected chi connectivity index (χ2v) is 4.95. The summed E-state index contributed by atoms with van der Waals surface area (Å²) >= 11 is 2.11. The number of carboxylic acids is 1. The maximum absolute atomic E-state index is 11.9. The summed E-state index contributed by atoms with van der Waals surface area (Å²) in [6.45, 7) is 1.73. The first-order valence-electron chi connectivity index (χ1n) is 5.48. The summed E-state index contributed by atoms with van der Waals surface area (Å²) in [6.07, 6.45) is 0.366. The summed E-state index contributed by atoms with van der Waals surface area (Å²) in [5.74, 6) is -1.00. The molecule has 0 bridgehead atoms. The quantitative estimate of drug-likeness (QED) is 0.809. The zero-order chi connectivity index (χ0) is 13.7. The third-order valence-corrected chi connectivity index (χ3v) is 3.52. The number of para-hydroxylation sites is 1. The monoisotopic (exact) mass is 362 g/mol.